The molecule has 2 aromatic rings. The lowest BCUT2D eigenvalue weighted by Gasteiger charge is -2.16. The molecule has 0 radical (unpaired) electrons. The number of aromatic nitrogens is 2. The van der Waals surface area contributed by atoms with Crippen molar-refractivity contribution in [1.82, 2.24) is 9.55 Å². The molecule has 1 aromatic carbocycles. The fraction of sp³-hybridized carbons (Fsp3) is 0.500. The maximum absolute atomic E-state index is 13.7. The Kier molecular flexibility index (Phi) is 4.89. The number of fused-ring (bicyclic) bond motifs is 1. The van der Waals surface area contributed by atoms with Gasteiger partial charge in [-0.2, -0.15) is 0 Å². The van der Waals surface area contributed by atoms with E-state index in [1.54, 1.807) is 0 Å². The molecule has 0 saturated heterocycles. The van der Waals surface area contributed by atoms with Crippen LogP contribution in [0.15, 0.2) is 12.1 Å². The van der Waals surface area contributed by atoms with Crippen molar-refractivity contribution in [3.8, 4) is 0 Å². The van der Waals surface area contributed by atoms with Crippen LogP contribution < -0.4 is 0 Å². The van der Waals surface area contributed by atoms with Crippen LogP contribution in [0.25, 0.3) is 11.0 Å². The van der Waals surface area contributed by atoms with Gasteiger partial charge in [0.05, 0.1) is 34.1 Å². The molecule has 0 saturated carbocycles. The van der Waals surface area contributed by atoms with Gasteiger partial charge in [-0.1, -0.05) is 11.6 Å². The van der Waals surface area contributed by atoms with Gasteiger partial charge in [-0.25, -0.2) is 9.37 Å². The number of ether oxygens (including phenoxy) is 1. The first kappa shape index (κ1) is 15.5. The first-order valence-electron chi connectivity index (χ1n) is 6.54. The largest absolute Gasteiger partial charge is 0.377 e. The van der Waals surface area contributed by atoms with Gasteiger partial charge in [-0.3, -0.25) is 0 Å². The van der Waals surface area contributed by atoms with Gasteiger partial charge < -0.3 is 9.30 Å². The quantitative estimate of drug-likeness (QED) is 0.756. The number of hydrogen-bond acceptors (Lipinski definition) is 2. The second-order valence-electron chi connectivity index (χ2n) is 4.72. The Labute approximate surface area is 127 Å². The van der Waals surface area contributed by atoms with Crippen molar-refractivity contribution in [1.29, 1.82) is 0 Å². The van der Waals surface area contributed by atoms with E-state index < -0.39 is 5.82 Å². The monoisotopic (exact) mass is 318 g/mol. The second-order valence-corrected chi connectivity index (χ2v) is 5.78. The molecule has 20 heavy (non-hydrogen) atoms. The van der Waals surface area contributed by atoms with Crippen molar-refractivity contribution in [2.75, 3.05) is 6.61 Å². The molecule has 2 unspecified atom stereocenters. The normalized spacial score (nSPS) is 14.7. The summed E-state index contributed by atoms with van der Waals surface area (Å²) in [5, 5.41) is -0.216. The summed E-state index contributed by atoms with van der Waals surface area (Å²) in [4.78, 5) is 4.45. The van der Waals surface area contributed by atoms with Gasteiger partial charge in [0.25, 0.3) is 0 Å². The van der Waals surface area contributed by atoms with Crippen molar-refractivity contribution < 1.29 is 9.13 Å². The highest BCUT2D eigenvalue weighted by Gasteiger charge is 2.18. The van der Waals surface area contributed by atoms with Crippen molar-refractivity contribution >= 4 is 34.2 Å². The Balaban J connectivity index is 2.53. The topological polar surface area (TPSA) is 27.1 Å². The molecule has 0 fully saturated rings. The molecule has 0 N–H and O–H groups in total. The Hall–Kier alpha value is -0.840. The molecule has 1 aromatic heterocycles. The van der Waals surface area contributed by atoms with Crippen LogP contribution >= 0.6 is 23.2 Å². The average Bonchev–Trinajstić information content (AvgIpc) is 2.69. The molecule has 1 heterocycles. The minimum absolute atomic E-state index is 0.00898. The standard InChI is InChI=1S/C14H17Cl2FN2O/c1-4-20-8(2)7-19-13-6-11(17)10(16)5-12(13)18-14(19)9(3)15/h5-6,8-9H,4,7H2,1-3H3. The lowest BCUT2D eigenvalue weighted by molar-refractivity contribution is 0.0642. The van der Waals surface area contributed by atoms with Gasteiger partial charge in [0.1, 0.15) is 11.6 Å². The van der Waals surface area contributed by atoms with E-state index in [0.29, 0.717) is 30.0 Å². The number of alkyl halides is 1. The van der Waals surface area contributed by atoms with Crippen molar-refractivity contribution in [3.05, 3.63) is 28.8 Å². The molecule has 110 valence electrons. The Morgan fingerprint density at radius 1 is 1.40 bits per heavy atom. The number of imidazole rings is 1. The summed E-state index contributed by atoms with van der Waals surface area (Å²) in [7, 11) is 0. The summed E-state index contributed by atoms with van der Waals surface area (Å²) in [5.41, 5.74) is 1.32. The van der Waals surface area contributed by atoms with Gasteiger partial charge in [-0.05, 0) is 26.8 Å². The fourth-order valence-corrected chi connectivity index (χ4v) is 2.55. The van der Waals surface area contributed by atoms with Crippen LogP contribution in [0.4, 0.5) is 4.39 Å². The first-order valence-corrected chi connectivity index (χ1v) is 7.36. The maximum atomic E-state index is 13.7. The predicted molar refractivity (Wildman–Crippen MR) is 80.1 cm³/mol. The number of rotatable bonds is 5. The molecule has 0 spiro atoms. The third-order valence-electron chi connectivity index (χ3n) is 3.07. The van der Waals surface area contributed by atoms with E-state index >= 15 is 0 Å². The minimum Gasteiger partial charge on any atom is -0.377 e. The summed E-state index contributed by atoms with van der Waals surface area (Å²) < 4.78 is 21.1. The molecule has 2 rings (SSSR count). The van der Waals surface area contributed by atoms with E-state index in [2.05, 4.69) is 4.98 Å². The van der Waals surface area contributed by atoms with Crippen LogP contribution in [0.1, 0.15) is 32.0 Å². The van der Waals surface area contributed by atoms with E-state index in [0.717, 1.165) is 0 Å². The molecule has 0 aliphatic heterocycles. The first-order chi connectivity index (χ1) is 9.43. The van der Waals surface area contributed by atoms with Gasteiger partial charge in [0.2, 0.25) is 0 Å². The molecule has 2 atom stereocenters. The van der Waals surface area contributed by atoms with Crippen LogP contribution in [0.2, 0.25) is 5.02 Å². The zero-order chi connectivity index (χ0) is 14.9. The molecule has 0 amide bonds. The summed E-state index contributed by atoms with van der Waals surface area (Å²) in [5.74, 6) is 0.230. The fourth-order valence-electron chi connectivity index (χ4n) is 2.23. The van der Waals surface area contributed by atoms with Gasteiger partial charge in [0, 0.05) is 12.7 Å². The summed E-state index contributed by atoms with van der Waals surface area (Å²) in [6.45, 7) is 6.93. The SMILES string of the molecule is CCOC(C)Cn1c(C(C)Cl)nc2cc(Cl)c(F)cc21. The van der Waals surface area contributed by atoms with E-state index in [1.807, 2.05) is 25.3 Å². The van der Waals surface area contributed by atoms with E-state index in [1.165, 1.54) is 12.1 Å². The summed E-state index contributed by atoms with van der Waals surface area (Å²) in [6.07, 6.45) is -0.00898. The third kappa shape index (κ3) is 3.08. The third-order valence-corrected chi connectivity index (χ3v) is 3.55. The van der Waals surface area contributed by atoms with Crippen molar-refractivity contribution in [2.24, 2.45) is 0 Å². The molecular weight excluding hydrogens is 302 g/mol. The number of benzene rings is 1. The molecular formula is C14H17Cl2FN2O. The van der Waals surface area contributed by atoms with Crippen LogP contribution in [0, 0.1) is 5.82 Å². The Morgan fingerprint density at radius 3 is 2.70 bits per heavy atom. The number of halogens is 3. The van der Waals surface area contributed by atoms with E-state index in [4.69, 9.17) is 27.9 Å². The number of nitrogens with zero attached hydrogens (tertiary/aromatic N) is 2. The van der Waals surface area contributed by atoms with Crippen LogP contribution in [0.5, 0.6) is 0 Å². The Bertz CT molecular complexity index is 613. The van der Waals surface area contributed by atoms with Gasteiger partial charge >= 0.3 is 0 Å². The van der Waals surface area contributed by atoms with Gasteiger partial charge in [-0.15, -0.1) is 11.6 Å². The maximum Gasteiger partial charge on any atom is 0.144 e. The van der Waals surface area contributed by atoms with Crippen molar-refractivity contribution in [2.45, 2.75) is 38.8 Å². The highest BCUT2D eigenvalue weighted by Crippen LogP contribution is 2.28. The van der Waals surface area contributed by atoms with Crippen molar-refractivity contribution in [3.63, 3.8) is 0 Å². The van der Waals surface area contributed by atoms with E-state index in [-0.39, 0.29) is 16.5 Å². The molecule has 0 aliphatic carbocycles. The van der Waals surface area contributed by atoms with Gasteiger partial charge in [0.15, 0.2) is 0 Å². The van der Waals surface area contributed by atoms with Crippen LogP contribution in [-0.4, -0.2) is 22.3 Å². The van der Waals surface area contributed by atoms with Crippen LogP contribution in [0.3, 0.4) is 0 Å². The zero-order valence-corrected chi connectivity index (χ0v) is 13.2. The lowest BCUT2D eigenvalue weighted by Crippen LogP contribution is -2.18. The number of hydrogen-bond donors (Lipinski definition) is 0. The second kappa shape index (κ2) is 6.29. The Morgan fingerprint density at radius 2 is 2.10 bits per heavy atom. The zero-order valence-electron chi connectivity index (χ0n) is 11.7. The molecule has 3 nitrogen and oxygen atoms in total. The highest BCUT2D eigenvalue weighted by molar-refractivity contribution is 6.31. The minimum atomic E-state index is -0.460. The molecule has 0 bridgehead atoms. The smallest absolute Gasteiger partial charge is 0.144 e. The summed E-state index contributed by atoms with van der Waals surface area (Å²) >= 11 is 12.0. The average molecular weight is 319 g/mol. The van der Waals surface area contributed by atoms with Crippen LogP contribution in [-0.2, 0) is 11.3 Å². The molecule has 0 aliphatic rings. The van der Waals surface area contributed by atoms with E-state index in [9.17, 15) is 4.39 Å². The summed E-state index contributed by atoms with van der Waals surface area (Å²) in [6, 6.07) is 2.92. The lowest BCUT2D eigenvalue weighted by atomic mass is 10.3. The molecule has 6 heteroatoms. The predicted octanol–water partition coefficient (Wildman–Crippen LogP) is 4.55. The highest BCUT2D eigenvalue weighted by atomic mass is 35.5.